The lowest BCUT2D eigenvalue weighted by Crippen LogP contribution is -2.52. The third-order valence-corrected chi connectivity index (χ3v) is 4.15. The summed E-state index contributed by atoms with van der Waals surface area (Å²) in [6.07, 6.45) is 2.89. The number of hydrogen-bond donors (Lipinski definition) is 0. The molecule has 0 saturated carbocycles. The average molecular weight is 306 g/mol. The van der Waals surface area contributed by atoms with E-state index in [1.165, 1.54) is 0 Å². The van der Waals surface area contributed by atoms with Crippen molar-refractivity contribution in [2.24, 2.45) is 0 Å². The Morgan fingerprint density at radius 2 is 2.24 bits per heavy atom. The Kier molecular flexibility index (Phi) is 4.82. The number of hydrogen-bond acceptors (Lipinski definition) is 3. The summed E-state index contributed by atoms with van der Waals surface area (Å²) in [5.41, 5.74) is 0. The maximum absolute atomic E-state index is 12.2. The minimum absolute atomic E-state index is 0.125. The Bertz CT molecular complexity index is 268. The third-order valence-electron chi connectivity index (χ3n) is 3.42. The minimum atomic E-state index is 0.125. The molecule has 0 aromatic heterocycles. The number of halogens is 1. The van der Waals surface area contributed by atoms with Crippen LogP contribution < -0.4 is 0 Å². The molecule has 0 spiro atoms. The molecule has 2 aliphatic rings. The predicted molar refractivity (Wildman–Crippen MR) is 68.3 cm³/mol. The molecule has 2 rings (SSSR count). The van der Waals surface area contributed by atoms with Crippen molar-refractivity contribution in [3.63, 3.8) is 0 Å². The van der Waals surface area contributed by atoms with Gasteiger partial charge in [-0.1, -0.05) is 15.9 Å². The zero-order valence-corrected chi connectivity index (χ0v) is 11.8. The summed E-state index contributed by atoms with van der Waals surface area (Å²) < 4.78 is 11.1. The number of nitrogens with zero attached hydrogens (tertiary/aromatic N) is 1. The highest BCUT2D eigenvalue weighted by Crippen LogP contribution is 2.19. The van der Waals surface area contributed by atoms with E-state index in [4.69, 9.17) is 9.47 Å². The molecule has 2 aliphatic heterocycles. The van der Waals surface area contributed by atoms with Gasteiger partial charge in [-0.3, -0.25) is 4.79 Å². The number of rotatable bonds is 3. The van der Waals surface area contributed by atoms with E-state index in [-0.39, 0.29) is 24.2 Å². The summed E-state index contributed by atoms with van der Waals surface area (Å²) in [5.74, 6) is 0.207. The Balaban J connectivity index is 1.87. The summed E-state index contributed by atoms with van der Waals surface area (Å²) >= 11 is 3.41. The van der Waals surface area contributed by atoms with E-state index in [1.807, 2.05) is 11.8 Å². The Morgan fingerprint density at radius 1 is 1.41 bits per heavy atom. The van der Waals surface area contributed by atoms with E-state index in [0.29, 0.717) is 19.6 Å². The number of amides is 1. The van der Waals surface area contributed by atoms with Gasteiger partial charge in [0.15, 0.2) is 0 Å². The topological polar surface area (TPSA) is 38.8 Å². The van der Waals surface area contributed by atoms with Crippen molar-refractivity contribution in [2.75, 3.05) is 25.1 Å². The first kappa shape index (κ1) is 13.3. The van der Waals surface area contributed by atoms with Crippen LogP contribution in [0, 0.1) is 0 Å². The molecule has 0 aromatic rings. The number of morpholine rings is 1. The van der Waals surface area contributed by atoms with Crippen molar-refractivity contribution >= 4 is 21.8 Å². The fourth-order valence-electron chi connectivity index (χ4n) is 2.38. The van der Waals surface area contributed by atoms with Crippen LogP contribution in [-0.2, 0) is 14.3 Å². The molecule has 4 nitrogen and oxygen atoms in total. The van der Waals surface area contributed by atoms with Gasteiger partial charge in [0.05, 0.1) is 31.3 Å². The van der Waals surface area contributed by atoms with Crippen LogP contribution in [0.1, 0.15) is 26.2 Å². The van der Waals surface area contributed by atoms with Gasteiger partial charge in [-0.15, -0.1) is 0 Å². The van der Waals surface area contributed by atoms with Crippen LogP contribution in [0.5, 0.6) is 0 Å². The second-order valence-electron chi connectivity index (χ2n) is 4.84. The highest BCUT2D eigenvalue weighted by atomic mass is 79.9. The summed E-state index contributed by atoms with van der Waals surface area (Å²) in [5, 5.41) is 0.781. The summed E-state index contributed by atoms with van der Waals surface area (Å²) in [7, 11) is 0. The maximum atomic E-state index is 12.2. The zero-order chi connectivity index (χ0) is 12.3. The van der Waals surface area contributed by atoms with Crippen LogP contribution >= 0.6 is 15.9 Å². The van der Waals surface area contributed by atoms with Gasteiger partial charge in [0.25, 0.3) is 0 Å². The number of ether oxygens (including phenoxy) is 2. The molecule has 0 aromatic carbocycles. The second kappa shape index (κ2) is 6.16. The Morgan fingerprint density at radius 3 is 2.88 bits per heavy atom. The normalized spacial score (nSPS) is 34.0. The van der Waals surface area contributed by atoms with Crippen molar-refractivity contribution in [2.45, 2.75) is 44.4 Å². The molecule has 5 heteroatoms. The van der Waals surface area contributed by atoms with E-state index in [2.05, 4.69) is 15.9 Å². The Labute approximate surface area is 111 Å². The molecule has 3 atom stereocenters. The fraction of sp³-hybridized carbons (Fsp3) is 0.917. The summed E-state index contributed by atoms with van der Waals surface area (Å²) in [6.45, 7) is 4.17. The SMILES string of the molecule is CC1COC(CBr)CN1C(=O)CC1CCCO1. The molecular formula is C12H20BrNO3. The first-order chi connectivity index (χ1) is 8.20. The van der Waals surface area contributed by atoms with Crippen molar-refractivity contribution < 1.29 is 14.3 Å². The van der Waals surface area contributed by atoms with Crippen LogP contribution in [0.2, 0.25) is 0 Å². The van der Waals surface area contributed by atoms with Gasteiger partial charge in [0.2, 0.25) is 5.91 Å². The summed E-state index contributed by atoms with van der Waals surface area (Å²) in [4.78, 5) is 14.1. The smallest absolute Gasteiger partial charge is 0.225 e. The molecular weight excluding hydrogens is 286 g/mol. The van der Waals surface area contributed by atoms with Gasteiger partial charge in [-0.05, 0) is 19.8 Å². The lowest BCUT2D eigenvalue weighted by atomic mass is 10.1. The van der Waals surface area contributed by atoms with Crippen molar-refractivity contribution in [3.8, 4) is 0 Å². The number of carbonyl (C=O) groups excluding carboxylic acids is 1. The van der Waals surface area contributed by atoms with Crippen LogP contribution in [0.15, 0.2) is 0 Å². The van der Waals surface area contributed by atoms with Crippen molar-refractivity contribution in [1.82, 2.24) is 4.90 Å². The maximum Gasteiger partial charge on any atom is 0.225 e. The highest BCUT2D eigenvalue weighted by molar-refractivity contribution is 9.09. The standard InChI is InChI=1S/C12H20BrNO3/c1-9-8-17-11(6-13)7-14(9)12(15)5-10-3-2-4-16-10/h9-11H,2-8H2,1H3. The Hall–Kier alpha value is -0.130. The van der Waals surface area contributed by atoms with Crippen LogP contribution in [0.25, 0.3) is 0 Å². The molecule has 0 bridgehead atoms. The molecule has 98 valence electrons. The van der Waals surface area contributed by atoms with Crippen LogP contribution in [-0.4, -0.2) is 54.1 Å². The lowest BCUT2D eigenvalue weighted by molar-refractivity contribution is -0.145. The molecule has 1 amide bonds. The monoisotopic (exact) mass is 305 g/mol. The largest absolute Gasteiger partial charge is 0.378 e. The van der Waals surface area contributed by atoms with E-state index >= 15 is 0 Å². The van der Waals surface area contributed by atoms with Gasteiger partial charge in [-0.25, -0.2) is 0 Å². The van der Waals surface area contributed by atoms with Crippen molar-refractivity contribution in [3.05, 3.63) is 0 Å². The minimum Gasteiger partial charge on any atom is -0.378 e. The van der Waals surface area contributed by atoms with E-state index in [9.17, 15) is 4.79 Å². The molecule has 2 saturated heterocycles. The lowest BCUT2D eigenvalue weighted by Gasteiger charge is -2.38. The van der Waals surface area contributed by atoms with E-state index in [0.717, 1.165) is 24.8 Å². The van der Waals surface area contributed by atoms with E-state index in [1.54, 1.807) is 0 Å². The quantitative estimate of drug-likeness (QED) is 0.743. The van der Waals surface area contributed by atoms with Gasteiger partial charge in [0.1, 0.15) is 0 Å². The van der Waals surface area contributed by atoms with Gasteiger partial charge >= 0.3 is 0 Å². The second-order valence-corrected chi connectivity index (χ2v) is 5.49. The number of carbonyl (C=O) groups is 1. The fourth-order valence-corrected chi connectivity index (χ4v) is 2.77. The third kappa shape index (κ3) is 3.42. The average Bonchev–Trinajstić information content (AvgIpc) is 2.82. The van der Waals surface area contributed by atoms with Crippen LogP contribution in [0.3, 0.4) is 0 Å². The van der Waals surface area contributed by atoms with Crippen molar-refractivity contribution in [1.29, 1.82) is 0 Å². The molecule has 3 unspecified atom stereocenters. The van der Waals surface area contributed by atoms with E-state index < -0.39 is 0 Å². The highest BCUT2D eigenvalue weighted by Gasteiger charge is 2.31. The first-order valence-electron chi connectivity index (χ1n) is 6.29. The molecule has 17 heavy (non-hydrogen) atoms. The van der Waals surface area contributed by atoms with Gasteiger partial charge in [-0.2, -0.15) is 0 Å². The van der Waals surface area contributed by atoms with Crippen LogP contribution in [0.4, 0.5) is 0 Å². The molecule has 0 radical (unpaired) electrons. The molecule has 0 N–H and O–H groups in total. The van der Waals surface area contributed by atoms with Gasteiger partial charge < -0.3 is 14.4 Å². The zero-order valence-electron chi connectivity index (χ0n) is 10.2. The summed E-state index contributed by atoms with van der Waals surface area (Å²) in [6, 6.07) is 0.180. The molecule has 0 aliphatic carbocycles. The first-order valence-corrected chi connectivity index (χ1v) is 7.41. The number of alkyl halides is 1. The molecule has 2 fully saturated rings. The molecule has 2 heterocycles. The predicted octanol–water partition coefficient (Wildman–Crippen LogP) is 1.57. The van der Waals surface area contributed by atoms with Gasteiger partial charge in [0, 0.05) is 18.5 Å².